The van der Waals surface area contributed by atoms with Crippen LogP contribution in [0.5, 0.6) is 0 Å². The zero-order chi connectivity index (χ0) is 13.2. The average molecular weight is 267 g/mol. The maximum atomic E-state index is 4.60. The summed E-state index contributed by atoms with van der Waals surface area (Å²) in [6.07, 6.45) is 4.91. The Bertz CT molecular complexity index is 386. The molecule has 1 fully saturated rings. The van der Waals surface area contributed by atoms with E-state index in [-0.39, 0.29) is 5.41 Å². The lowest BCUT2D eigenvalue weighted by Gasteiger charge is -2.18. The van der Waals surface area contributed by atoms with E-state index in [4.69, 9.17) is 0 Å². The number of thioether (sulfide) groups is 1. The van der Waals surface area contributed by atoms with Crippen LogP contribution in [0.25, 0.3) is 0 Å². The average Bonchev–Trinajstić information content (AvgIpc) is 2.87. The minimum Gasteiger partial charge on any atom is -0.311 e. The second-order valence-electron chi connectivity index (χ2n) is 6.19. The first kappa shape index (κ1) is 13.9. The van der Waals surface area contributed by atoms with Crippen LogP contribution < -0.4 is 5.32 Å². The molecule has 0 bridgehead atoms. The molecule has 3 nitrogen and oxygen atoms in total. The fourth-order valence-electron chi connectivity index (χ4n) is 2.47. The molecule has 2 rings (SSSR count). The van der Waals surface area contributed by atoms with Gasteiger partial charge in [0.1, 0.15) is 0 Å². The van der Waals surface area contributed by atoms with E-state index in [2.05, 4.69) is 49.1 Å². The lowest BCUT2D eigenvalue weighted by Crippen LogP contribution is -2.24. The van der Waals surface area contributed by atoms with Crippen molar-refractivity contribution < 1.29 is 0 Å². The van der Waals surface area contributed by atoms with E-state index in [1.54, 1.807) is 0 Å². The molecule has 4 heteroatoms. The minimum atomic E-state index is 0.125. The Labute approximate surface area is 115 Å². The Hall–Kier alpha value is -0.480. The van der Waals surface area contributed by atoms with Crippen LogP contribution in [0.3, 0.4) is 0 Å². The molecule has 1 saturated heterocycles. The first-order chi connectivity index (χ1) is 8.47. The van der Waals surface area contributed by atoms with Crippen LogP contribution in [0.15, 0.2) is 6.20 Å². The highest BCUT2D eigenvalue weighted by atomic mass is 32.2. The molecule has 1 aromatic heterocycles. The van der Waals surface area contributed by atoms with Crippen molar-refractivity contribution in [2.75, 3.05) is 12.3 Å². The molecule has 0 radical (unpaired) electrons. The van der Waals surface area contributed by atoms with Crippen molar-refractivity contribution in [1.82, 2.24) is 15.1 Å². The second-order valence-corrected chi connectivity index (χ2v) is 7.60. The van der Waals surface area contributed by atoms with Crippen LogP contribution >= 0.6 is 11.8 Å². The number of aryl methyl sites for hydroxylation is 1. The van der Waals surface area contributed by atoms with Gasteiger partial charge in [-0.15, -0.1) is 0 Å². The van der Waals surface area contributed by atoms with Crippen molar-refractivity contribution in [3.63, 3.8) is 0 Å². The van der Waals surface area contributed by atoms with Gasteiger partial charge in [-0.1, -0.05) is 20.8 Å². The van der Waals surface area contributed by atoms with Gasteiger partial charge in [0.15, 0.2) is 0 Å². The van der Waals surface area contributed by atoms with Crippen LogP contribution in [0.2, 0.25) is 0 Å². The van der Waals surface area contributed by atoms with Crippen LogP contribution in [0.1, 0.15) is 44.9 Å². The zero-order valence-electron chi connectivity index (χ0n) is 12.0. The molecule has 1 N–H and O–H groups in total. The number of aromatic nitrogens is 2. The topological polar surface area (TPSA) is 29.9 Å². The van der Waals surface area contributed by atoms with E-state index in [1.807, 2.05) is 11.7 Å². The van der Waals surface area contributed by atoms with Crippen molar-refractivity contribution >= 4 is 11.8 Å². The normalized spacial score (nSPS) is 20.6. The van der Waals surface area contributed by atoms with Gasteiger partial charge in [0, 0.05) is 42.6 Å². The third kappa shape index (κ3) is 3.51. The predicted molar refractivity (Wildman–Crippen MR) is 79.1 cm³/mol. The summed E-state index contributed by atoms with van der Waals surface area (Å²) in [5.74, 6) is 1.34. The number of hydrogen-bond donors (Lipinski definition) is 1. The SMILES string of the molecule is Cn1cc(CNCC2CCCS2)c(C(C)(C)C)n1. The van der Waals surface area contributed by atoms with Crippen molar-refractivity contribution in [2.24, 2.45) is 7.05 Å². The Kier molecular flexibility index (Phi) is 4.38. The molecule has 102 valence electrons. The monoisotopic (exact) mass is 267 g/mol. The summed E-state index contributed by atoms with van der Waals surface area (Å²) < 4.78 is 1.93. The molecule has 0 aliphatic carbocycles. The second kappa shape index (κ2) is 5.66. The summed E-state index contributed by atoms with van der Waals surface area (Å²) in [6, 6.07) is 0. The Morgan fingerprint density at radius 3 is 2.89 bits per heavy atom. The van der Waals surface area contributed by atoms with Gasteiger partial charge in [-0.3, -0.25) is 4.68 Å². The van der Waals surface area contributed by atoms with Crippen molar-refractivity contribution in [3.8, 4) is 0 Å². The predicted octanol–water partition coefficient (Wildman–Crippen LogP) is 2.70. The number of rotatable bonds is 4. The first-order valence-electron chi connectivity index (χ1n) is 6.82. The summed E-state index contributed by atoms with van der Waals surface area (Å²) in [6.45, 7) is 8.75. The zero-order valence-corrected chi connectivity index (χ0v) is 12.8. The van der Waals surface area contributed by atoms with Gasteiger partial charge in [0.25, 0.3) is 0 Å². The molecule has 1 aromatic rings. The summed E-state index contributed by atoms with van der Waals surface area (Å²) >= 11 is 2.11. The van der Waals surface area contributed by atoms with Gasteiger partial charge in [-0.2, -0.15) is 16.9 Å². The maximum Gasteiger partial charge on any atom is 0.0722 e. The number of nitrogens with zero attached hydrogens (tertiary/aromatic N) is 2. The van der Waals surface area contributed by atoms with E-state index >= 15 is 0 Å². The van der Waals surface area contributed by atoms with Crippen LogP contribution in [0.4, 0.5) is 0 Å². The van der Waals surface area contributed by atoms with Gasteiger partial charge < -0.3 is 5.32 Å². The highest BCUT2D eigenvalue weighted by molar-refractivity contribution is 8.00. The Morgan fingerprint density at radius 2 is 2.28 bits per heavy atom. The largest absolute Gasteiger partial charge is 0.311 e. The highest BCUT2D eigenvalue weighted by Crippen LogP contribution is 2.26. The molecule has 18 heavy (non-hydrogen) atoms. The molecule has 0 aromatic carbocycles. The van der Waals surface area contributed by atoms with Crippen molar-refractivity contribution in [1.29, 1.82) is 0 Å². The Balaban J connectivity index is 1.92. The number of hydrogen-bond acceptors (Lipinski definition) is 3. The molecule has 1 unspecified atom stereocenters. The van der Waals surface area contributed by atoms with Crippen molar-refractivity contribution in [2.45, 2.75) is 50.8 Å². The quantitative estimate of drug-likeness (QED) is 0.909. The molecule has 1 aliphatic heterocycles. The summed E-state index contributed by atoms with van der Waals surface area (Å²) in [5, 5.41) is 9.02. The molecule has 0 saturated carbocycles. The third-order valence-electron chi connectivity index (χ3n) is 3.33. The fraction of sp³-hybridized carbons (Fsp3) is 0.786. The van der Waals surface area contributed by atoms with Crippen LogP contribution in [-0.2, 0) is 19.0 Å². The molecular formula is C14H25N3S. The molecule has 1 atom stereocenters. The van der Waals surface area contributed by atoms with Crippen LogP contribution in [0, 0.1) is 0 Å². The standard InChI is InChI=1S/C14H25N3S/c1-14(2,3)13-11(10-17(4)16-13)8-15-9-12-6-5-7-18-12/h10,12,15H,5-9H2,1-4H3. The molecular weight excluding hydrogens is 242 g/mol. The molecule has 0 amide bonds. The van der Waals surface area contributed by atoms with Crippen LogP contribution in [-0.4, -0.2) is 27.3 Å². The van der Waals surface area contributed by atoms with E-state index < -0.39 is 0 Å². The third-order valence-corrected chi connectivity index (χ3v) is 4.72. The lowest BCUT2D eigenvalue weighted by atomic mass is 9.89. The lowest BCUT2D eigenvalue weighted by molar-refractivity contribution is 0.542. The van der Waals surface area contributed by atoms with E-state index in [0.717, 1.165) is 18.3 Å². The van der Waals surface area contributed by atoms with E-state index in [1.165, 1.54) is 29.9 Å². The van der Waals surface area contributed by atoms with E-state index in [0.29, 0.717) is 0 Å². The Morgan fingerprint density at radius 1 is 1.50 bits per heavy atom. The first-order valence-corrected chi connectivity index (χ1v) is 7.87. The molecule has 1 aliphatic rings. The van der Waals surface area contributed by atoms with Gasteiger partial charge in [0.05, 0.1) is 5.69 Å². The number of nitrogens with one attached hydrogen (secondary N) is 1. The summed E-state index contributed by atoms with van der Waals surface area (Å²) in [4.78, 5) is 0. The maximum absolute atomic E-state index is 4.60. The highest BCUT2D eigenvalue weighted by Gasteiger charge is 2.22. The minimum absolute atomic E-state index is 0.125. The van der Waals surface area contributed by atoms with Gasteiger partial charge >= 0.3 is 0 Å². The fourth-order valence-corrected chi connectivity index (χ4v) is 3.71. The van der Waals surface area contributed by atoms with E-state index in [9.17, 15) is 0 Å². The molecule has 0 spiro atoms. The van der Waals surface area contributed by atoms with Gasteiger partial charge in [0.2, 0.25) is 0 Å². The smallest absolute Gasteiger partial charge is 0.0722 e. The summed E-state index contributed by atoms with van der Waals surface area (Å²) in [7, 11) is 2.01. The van der Waals surface area contributed by atoms with Gasteiger partial charge in [-0.05, 0) is 18.6 Å². The molecule has 2 heterocycles. The summed E-state index contributed by atoms with van der Waals surface area (Å²) in [5.41, 5.74) is 2.69. The van der Waals surface area contributed by atoms with Gasteiger partial charge in [-0.25, -0.2) is 0 Å². The van der Waals surface area contributed by atoms with Crippen molar-refractivity contribution in [3.05, 3.63) is 17.5 Å².